The largest absolute Gasteiger partial charge is 0.322 e. The Balaban J connectivity index is 1.54. The molecule has 0 atom stereocenters. The summed E-state index contributed by atoms with van der Waals surface area (Å²) in [6.07, 6.45) is 0. The molecule has 0 fully saturated rings. The van der Waals surface area contributed by atoms with Crippen molar-refractivity contribution < 1.29 is 9.59 Å². The topological polar surface area (TPSA) is 64.7 Å². The lowest BCUT2D eigenvalue weighted by atomic mass is 10.2. The molecule has 0 radical (unpaired) electrons. The first kappa shape index (κ1) is 29.6. The van der Waals surface area contributed by atoms with Gasteiger partial charge >= 0.3 is 12.1 Å². The fourth-order valence-electron chi connectivity index (χ4n) is 3.93. The van der Waals surface area contributed by atoms with Crippen LogP contribution in [0.1, 0.15) is 11.1 Å². The van der Waals surface area contributed by atoms with Crippen molar-refractivity contribution in [2.75, 3.05) is 23.7 Å². The second-order valence-electron chi connectivity index (χ2n) is 8.98. The number of rotatable bonds is 9. The van der Waals surface area contributed by atoms with E-state index in [1.54, 1.807) is 82.6 Å². The SMILES string of the molecule is O=C(Nc1ccc(Cl)cc1)N(CCN(Cc1cccc(Cl)c1)C(=O)Nc1ccc(Cl)cc1)Cc1cccc(Cl)c1. The van der Waals surface area contributed by atoms with E-state index in [2.05, 4.69) is 10.6 Å². The van der Waals surface area contributed by atoms with Gasteiger partial charge in [-0.1, -0.05) is 70.7 Å². The molecule has 0 bridgehead atoms. The third-order valence-electron chi connectivity index (χ3n) is 5.93. The van der Waals surface area contributed by atoms with Gasteiger partial charge in [0.2, 0.25) is 0 Å². The average molecular weight is 616 g/mol. The van der Waals surface area contributed by atoms with Crippen LogP contribution in [0.5, 0.6) is 0 Å². The van der Waals surface area contributed by atoms with Crippen molar-refractivity contribution in [3.63, 3.8) is 0 Å². The van der Waals surface area contributed by atoms with E-state index in [1.807, 2.05) is 24.3 Å². The molecule has 0 saturated carbocycles. The van der Waals surface area contributed by atoms with Gasteiger partial charge in [0.15, 0.2) is 0 Å². The van der Waals surface area contributed by atoms with Crippen LogP contribution in [0.15, 0.2) is 97.1 Å². The van der Waals surface area contributed by atoms with E-state index < -0.39 is 0 Å². The summed E-state index contributed by atoms with van der Waals surface area (Å²) in [6.45, 7) is 1.04. The maximum absolute atomic E-state index is 13.4. The summed E-state index contributed by atoms with van der Waals surface area (Å²) in [4.78, 5) is 30.0. The molecule has 6 nitrogen and oxygen atoms in total. The van der Waals surface area contributed by atoms with E-state index in [1.165, 1.54) is 0 Å². The quantitative estimate of drug-likeness (QED) is 0.197. The summed E-state index contributed by atoms with van der Waals surface area (Å²) >= 11 is 24.4. The molecule has 0 aliphatic rings. The number of anilines is 2. The molecular formula is C30H26Cl4N4O2. The van der Waals surface area contributed by atoms with Gasteiger partial charge < -0.3 is 20.4 Å². The Kier molecular flexibility index (Phi) is 10.6. The Hall–Kier alpha value is -3.42. The first-order valence-electron chi connectivity index (χ1n) is 12.4. The number of nitrogens with zero attached hydrogens (tertiary/aromatic N) is 2. The summed E-state index contributed by atoms with van der Waals surface area (Å²) in [7, 11) is 0. The molecule has 4 amide bonds. The van der Waals surface area contributed by atoms with E-state index in [4.69, 9.17) is 46.4 Å². The van der Waals surface area contributed by atoms with Gasteiger partial charge in [-0.25, -0.2) is 9.59 Å². The normalized spacial score (nSPS) is 10.6. The zero-order chi connectivity index (χ0) is 28.5. The minimum Gasteiger partial charge on any atom is -0.318 e. The van der Waals surface area contributed by atoms with E-state index in [9.17, 15) is 9.59 Å². The van der Waals surface area contributed by atoms with E-state index in [-0.39, 0.29) is 38.2 Å². The minimum atomic E-state index is -0.330. The highest BCUT2D eigenvalue weighted by atomic mass is 35.5. The van der Waals surface area contributed by atoms with Gasteiger partial charge in [-0.2, -0.15) is 0 Å². The molecule has 0 aliphatic carbocycles. The predicted octanol–water partition coefficient (Wildman–Crippen LogP) is 9.07. The van der Waals surface area contributed by atoms with Gasteiger partial charge in [0.25, 0.3) is 0 Å². The van der Waals surface area contributed by atoms with Crippen LogP contribution in [0.3, 0.4) is 0 Å². The van der Waals surface area contributed by atoms with Gasteiger partial charge in [-0.3, -0.25) is 0 Å². The monoisotopic (exact) mass is 614 g/mol. The van der Waals surface area contributed by atoms with Gasteiger partial charge in [0, 0.05) is 57.6 Å². The summed E-state index contributed by atoms with van der Waals surface area (Å²) in [5, 5.41) is 8.08. The number of hydrogen-bond donors (Lipinski definition) is 2. The van der Waals surface area contributed by atoms with Crippen molar-refractivity contribution in [1.82, 2.24) is 9.80 Å². The molecule has 0 unspecified atom stereocenters. The summed E-state index contributed by atoms with van der Waals surface area (Å²) in [6, 6.07) is 27.7. The predicted molar refractivity (Wildman–Crippen MR) is 165 cm³/mol. The Morgan fingerprint density at radius 3 is 1.25 bits per heavy atom. The van der Waals surface area contributed by atoms with Crippen molar-refractivity contribution in [2.24, 2.45) is 0 Å². The van der Waals surface area contributed by atoms with Crippen LogP contribution in [0.25, 0.3) is 0 Å². The van der Waals surface area contributed by atoms with E-state index >= 15 is 0 Å². The number of halogens is 4. The van der Waals surface area contributed by atoms with E-state index in [0.717, 1.165) is 11.1 Å². The van der Waals surface area contributed by atoms with Crippen molar-refractivity contribution in [3.8, 4) is 0 Å². The van der Waals surface area contributed by atoms with Crippen LogP contribution in [-0.2, 0) is 13.1 Å². The molecule has 206 valence electrons. The zero-order valence-corrected chi connectivity index (χ0v) is 24.3. The Labute approximate surface area is 253 Å². The zero-order valence-electron chi connectivity index (χ0n) is 21.3. The van der Waals surface area contributed by atoms with Crippen molar-refractivity contribution >= 4 is 69.8 Å². The highest BCUT2D eigenvalue weighted by Crippen LogP contribution is 2.19. The Bertz CT molecular complexity index is 1340. The molecule has 0 aliphatic heterocycles. The van der Waals surface area contributed by atoms with Crippen molar-refractivity contribution in [3.05, 3.63) is 128 Å². The maximum atomic E-state index is 13.4. The molecule has 40 heavy (non-hydrogen) atoms. The van der Waals surface area contributed by atoms with Crippen LogP contribution in [0.2, 0.25) is 20.1 Å². The van der Waals surface area contributed by atoms with Crippen LogP contribution in [0.4, 0.5) is 21.0 Å². The van der Waals surface area contributed by atoms with Crippen molar-refractivity contribution in [1.29, 1.82) is 0 Å². The second kappa shape index (κ2) is 14.3. The smallest absolute Gasteiger partial charge is 0.318 e. The van der Waals surface area contributed by atoms with Crippen LogP contribution >= 0.6 is 46.4 Å². The summed E-state index contributed by atoms with van der Waals surface area (Å²) in [5.41, 5.74) is 2.90. The molecule has 0 heterocycles. The minimum absolute atomic E-state index is 0.237. The standard InChI is InChI=1S/C30H26Cl4N4O2/c31-23-7-11-27(12-8-23)35-29(39)37(19-21-3-1-5-25(33)17-21)15-16-38(20-22-4-2-6-26(34)18-22)30(40)36-28-13-9-24(32)10-14-28/h1-14,17-18H,15-16,19-20H2,(H,35,39)(H,36,40). The van der Waals surface area contributed by atoms with Crippen LogP contribution < -0.4 is 10.6 Å². The lowest BCUT2D eigenvalue weighted by molar-refractivity contribution is 0.185. The molecule has 10 heteroatoms. The lowest BCUT2D eigenvalue weighted by Crippen LogP contribution is -2.43. The second-order valence-corrected chi connectivity index (χ2v) is 10.7. The Morgan fingerprint density at radius 2 is 0.900 bits per heavy atom. The van der Waals surface area contributed by atoms with Gasteiger partial charge in [-0.15, -0.1) is 0 Å². The molecule has 2 N–H and O–H groups in total. The number of benzene rings is 4. The number of hydrogen-bond acceptors (Lipinski definition) is 2. The Morgan fingerprint density at radius 1 is 0.525 bits per heavy atom. The fourth-order valence-corrected chi connectivity index (χ4v) is 4.61. The van der Waals surface area contributed by atoms with Crippen LogP contribution in [-0.4, -0.2) is 35.0 Å². The van der Waals surface area contributed by atoms with Gasteiger partial charge in [-0.05, 0) is 83.9 Å². The van der Waals surface area contributed by atoms with Crippen molar-refractivity contribution in [2.45, 2.75) is 13.1 Å². The summed E-state index contributed by atoms with van der Waals surface area (Å²) < 4.78 is 0. The number of amides is 4. The number of carbonyl (C=O) groups is 2. The molecule has 4 rings (SSSR count). The third-order valence-corrected chi connectivity index (χ3v) is 6.90. The number of carbonyl (C=O) groups excluding carboxylic acids is 2. The van der Waals surface area contributed by atoms with Crippen LogP contribution in [0, 0.1) is 0 Å². The molecular weight excluding hydrogens is 590 g/mol. The van der Waals surface area contributed by atoms with Gasteiger partial charge in [0.05, 0.1) is 0 Å². The number of urea groups is 2. The average Bonchev–Trinajstić information content (AvgIpc) is 2.92. The molecule has 0 spiro atoms. The summed E-state index contributed by atoms with van der Waals surface area (Å²) in [5.74, 6) is 0. The number of nitrogens with one attached hydrogen (secondary N) is 2. The molecule has 0 saturated heterocycles. The lowest BCUT2D eigenvalue weighted by Gasteiger charge is -2.29. The first-order valence-corrected chi connectivity index (χ1v) is 13.9. The van der Waals surface area contributed by atoms with E-state index in [0.29, 0.717) is 31.5 Å². The highest BCUT2D eigenvalue weighted by Gasteiger charge is 2.20. The maximum Gasteiger partial charge on any atom is 0.322 e. The fraction of sp³-hybridized carbons (Fsp3) is 0.133. The first-order chi connectivity index (χ1) is 19.2. The van der Waals surface area contributed by atoms with Gasteiger partial charge in [0.1, 0.15) is 0 Å². The highest BCUT2D eigenvalue weighted by molar-refractivity contribution is 6.31. The molecule has 4 aromatic carbocycles. The third kappa shape index (κ3) is 9.07. The molecule has 4 aromatic rings. The molecule has 0 aromatic heterocycles.